The van der Waals surface area contributed by atoms with E-state index in [0.29, 0.717) is 23.7 Å². The van der Waals surface area contributed by atoms with Crippen molar-refractivity contribution in [2.24, 2.45) is 5.92 Å². The number of carbonyl (C=O) groups excluding carboxylic acids is 3. The van der Waals surface area contributed by atoms with Crippen molar-refractivity contribution in [1.29, 1.82) is 0 Å². The van der Waals surface area contributed by atoms with E-state index in [-0.39, 0.29) is 36.5 Å². The fourth-order valence-electron chi connectivity index (χ4n) is 3.19. The summed E-state index contributed by atoms with van der Waals surface area (Å²) in [6, 6.07) is 0. The molecule has 3 rings (SSSR count). The summed E-state index contributed by atoms with van der Waals surface area (Å²) in [4.78, 5) is 39.7. The van der Waals surface area contributed by atoms with E-state index in [4.69, 9.17) is 9.47 Å². The van der Waals surface area contributed by atoms with E-state index in [2.05, 4.69) is 5.32 Å². The first-order valence-electron chi connectivity index (χ1n) is 9.27. The van der Waals surface area contributed by atoms with Crippen molar-refractivity contribution < 1.29 is 23.9 Å². The second-order valence-corrected chi connectivity index (χ2v) is 8.61. The number of ether oxygens (including phenoxy) is 2. The molecule has 2 fully saturated rings. The Morgan fingerprint density at radius 2 is 1.81 bits per heavy atom. The maximum atomic E-state index is 12.6. The zero-order chi connectivity index (χ0) is 19.7. The molecule has 1 aliphatic heterocycles. The van der Waals surface area contributed by atoms with E-state index >= 15 is 0 Å². The molecule has 0 unspecified atom stereocenters. The third kappa shape index (κ3) is 4.68. The Morgan fingerprint density at radius 3 is 2.41 bits per heavy atom. The Balaban J connectivity index is 1.63. The third-order valence-corrected chi connectivity index (χ3v) is 6.00. The van der Waals surface area contributed by atoms with Gasteiger partial charge in [0, 0.05) is 23.9 Å². The summed E-state index contributed by atoms with van der Waals surface area (Å²) in [5.41, 5.74) is 1.13. The second kappa shape index (κ2) is 7.98. The molecule has 1 aromatic heterocycles. The Hall–Kier alpha value is -1.93. The maximum absolute atomic E-state index is 12.6. The van der Waals surface area contributed by atoms with Crippen molar-refractivity contribution in [3.8, 4) is 0 Å². The number of morpholine rings is 1. The SMILES string of the molecule is Cc1sc(NC(=O)C2CC2)c(C(=O)OCC(=O)N2C[C@@H](C)O[C@@H](C)C2)c1C. The van der Waals surface area contributed by atoms with Crippen LogP contribution >= 0.6 is 11.3 Å². The second-order valence-electron chi connectivity index (χ2n) is 7.38. The summed E-state index contributed by atoms with van der Waals surface area (Å²) in [7, 11) is 0. The Labute approximate surface area is 163 Å². The molecule has 8 heteroatoms. The Kier molecular flexibility index (Phi) is 5.86. The summed E-state index contributed by atoms with van der Waals surface area (Å²) >= 11 is 1.36. The van der Waals surface area contributed by atoms with Gasteiger partial charge in [0.15, 0.2) is 6.61 Å². The zero-order valence-electron chi connectivity index (χ0n) is 16.2. The smallest absolute Gasteiger partial charge is 0.341 e. The average molecular weight is 394 g/mol. The number of carbonyl (C=O) groups is 3. The lowest BCUT2D eigenvalue weighted by molar-refractivity contribution is -0.146. The van der Waals surface area contributed by atoms with Crippen LogP contribution in [0.4, 0.5) is 5.00 Å². The summed E-state index contributed by atoms with van der Waals surface area (Å²) < 4.78 is 10.9. The van der Waals surface area contributed by atoms with Gasteiger partial charge >= 0.3 is 5.97 Å². The molecule has 0 radical (unpaired) electrons. The van der Waals surface area contributed by atoms with Gasteiger partial charge < -0.3 is 19.7 Å². The van der Waals surface area contributed by atoms with Gasteiger partial charge in [-0.25, -0.2) is 4.79 Å². The minimum absolute atomic E-state index is 0.0422. The normalized spacial score (nSPS) is 22.4. The highest BCUT2D eigenvalue weighted by molar-refractivity contribution is 7.16. The van der Waals surface area contributed by atoms with Gasteiger partial charge in [-0.3, -0.25) is 9.59 Å². The van der Waals surface area contributed by atoms with Crippen molar-refractivity contribution in [2.75, 3.05) is 25.0 Å². The molecule has 1 aromatic rings. The van der Waals surface area contributed by atoms with Crippen molar-refractivity contribution in [1.82, 2.24) is 4.90 Å². The number of amides is 2. The molecule has 7 nitrogen and oxygen atoms in total. The predicted octanol–water partition coefficient (Wildman–Crippen LogP) is 2.51. The molecule has 0 spiro atoms. The van der Waals surface area contributed by atoms with E-state index < -0.39 is 5.97 Å². The number of esters is 1. The molecule has 148 valence electrons. The number of nitrogens with zero attached hydrogens (tertiary/aromatic N) is 1. The van der Waals surface area contributed by atoms with Gasteiger partial charge in [-0.2, -0.15) is 0 Å². The van der Waals surface area contributed by atoms with Gasteiger partial charge in [0.25, 0.3) is 5.91 Å². The lowest BCUT2D eigenvalue weighted by Crippen LogP contribution is -2.49. The molecular weight excluding hydrogens is 368 g/mol. The summed E-state index contributed by atoms with van der Waals surface area (Å²) in [5.74, 6) is -0.828. The molecular formula is C19H26N2O5S. The van der Waals surface area contributed by atoms with Crippen LogP contribution in [0.3, 0.4) is 0 Å². The van der Waals surface area contributed by atoms with Gasteiger partial charge in [-0.1, -0.05) is 0 Å². The standard InChI is InChI=1S/C19H26N2O5S/c1-10-7-21(8-11(2)26-10)15(22)9-25-19(24)16-12(3)13(4)27-18(16)20-17(23)14-5-6-14/h10-11,14H,5-9H2,1-4H3,(H,20,23)/t10-,11+. The topological polar surface area (TPSA) is 84.9 Å². The lowest BCUT2D eigenvalue weighted by atomic mass is 10.1. The molecule has 2 aliphatic rings. The number of rotatable bonds is 5. The molecule has 1 N–H and O–H groups in total. The monoisotopic (exact) mass is 394 g/mol. The van der Waals surface area contributed by atoms with Gasteiger partial charge in [0.2, 0.25) is 5.91 Å². The van der Waals surface area contributed by atoms with Crippen LogP contribution in [0.1, 0.15) is 47.5 Å². The molecule has 2 atom stereocenters. The highest BCUT2D eigenvalue weighted by atomic mass is 32.1. The number of hydrogen-bond donors (Lipinski definition) is 1. The molecule has 1 saturated heterocycles. The third-order valence-electron chi connectivity index (χ3n) is 4.87. The Morgan fingerprint density at radius 1 is 1.19 bits per heavy atom. The van der Waals surface area contributed by atoms with Crippen molar-refractivity contribution in [3.63, 3.8) is 0 Å². The highest BCUT2D eigenvalue weighted by Gasteiger charge is 2.32. The van der Waals surface area contributed by atoms with E-state index in [0.717, 1.165) is 23.3 Å². The minimum atomic E-state index is -0.578. The first-order chi connectivity index (χ1) is 12.8. The van der Waals surface area contributed by atoms with Gasteiger partial charge in [-0.15, -0.1) is 11.3 Å². The fraction of sp³-hybridized carbons (Fsp3) is 0.632. The minimum Gasteiger partial charge on any atom is -0.452 e. The first kappa shape index (κ1) is 19.8. The molecule has 0 bridgehead atoms. The van der Waals surface area contributed by atoms with Crippen molar-refractivity contribution in [3.05, 3.63) is 16.0 Å². The molecule has 2 amide bonds. The summed E-state index contributed by atoms with van der Waals surface area (Å²) in [5, 5.41) is 3.35. The maximum Gasteiger partial charge on any atom is 0.341 e. The largest absolute Gasteiger partial charge is 0.452 e. The van der Waals surface area contributed by atoms with Crippen LogP contribution in [0.2, 0.25) is 0 Å². The van der Waals surface area contributed by atoms with Crippen molar-refractivity contribution >= 4 is 34.1 Å². The van der Waals surface area contributed by atoms with Crippen LogP contribution in [-0.4, -0.2) is 54.6 Å². The quantitative estimate of drug-likeness (QED) is 0.776. The summed E-state index contributed by atoms with van der Waals surface area (Å²) in [6.45, 7) is 8.19. The van der Waals surface area contributed by atoms with Crippen LogP contribution in [0.25, 0.3) is 0 Å². The lowest BCUT2D eigenvalue weighted by Gasteiger charge is -2.35. The molecule has 0 aromatic carbocycles. The van der Waals surface area contributed by atoms with E-state index in [1.54, 1.807) is 4.90 Å². The number of hydrogen-bond acceptors (Lipinski definition) is 6. The molecule has 1 aliphatic carbocycles. The number of anilines is 1. The highest BCUT2D eigenvalue weighted by Crippen LogP contribution is 2.36. The van der Waals surface area contributed by atoms with Crippen LogP contribution in [0.5, 0.6) is 0 Å². The van der Waals surface area contributed by atoms with Crippen molar-refractivity contribution in [2.45, 2.75) is 52.7 Å². The number of nitrogens with one attached hydrogen (secondary N) is 1. The number of thiophene rings is 1. The van der Waals surface area contributed by atoms with E-state index in [9.17, 15) is 14.4 Å². The average Bonchev–Trinajstić information content (AvgIpc) is 3.39. The van der Waals surface area contributed by atoms with E-state index in [1.165, 1.54) is 11.3 Å². The van der Waals surface area contributed by atoms with Crippen LogP contribution in [-0.2, 0) is 19.1 Å². The predicted molar refractivity (Wildman–Crippen MR) is 102 cm³/mol. The summed E-state index contributed by atoms with van der Waals surface area (Å²) in [6.07, 6.45) is 1.69. The molecule has 1 saturated carbocycles. The van der Waals surface area contributed by atoms with Gasteiger partial charge in [0.1, 0.15) is 5.00 Å². The Bertz CT molecular complexity index is 746. The van der Waals surface area contributed by atoms with Gasteiger partial charge in [-0.05, 0) is 46.1 Å². The van der Waals surface area contributed by atoms with Crippen LogP contribution < -0.4 is 5.32 Å². The number of aryl methyl sites for hydroxylation is 1. The van der Waals surface area contributed by atoms with Crippen LogP contribution in [0.15, 0.2) is 0 Å². The van der Waals surface area contributed by atoms with E-state index in [1.807, 2.05) is 27.7 Å². The molecule has 27 heavy (non-hydrogen) atoms. The van der Waals surface area contributed by atoms with Gasteiger partial charge in [0.05, 0.1) is 17.8 Å². The first-order valence-corrected chi connectivity index (χ1v) is 10.1. The fourth-order valence-corrected chi connectivity index (χ4v) is 4.24. The zero-order valence-corrected chi connectivity index (χ0v) is 17.0. The molecule has 2 heterocycles. The van der Waals surface area contributed by atoms with Crippen LogP contribution in [0, 0.1) is 19.8 Å².